The summed E-state index contributed by atoms with van der Waals surface area (Å²) in [7, 11) is 0. The van der Waals surface area contributed by atoms with Gasteiger partial charge in [0, 0.05) is 5.92 Å². The Bertz CT molecular complexity index is 722. The van der Waals surface area contributed by atoms with Gasteiger partial charge >= 0.3 is 11.9 Å². The molecule has 7 nitrogen and oxygen atoms in total. The zero-order valence-corrected chi connectivity index (χ0v) is 29.7. The van der Waals surface area contributed by atoms with E-state index in [0.29, 0.717) is 25.8 Å². The van der Waals surface area contributed by atoms with Crippen molar-refractivity contribution in [1.82, 2.24) is 0 Å². The summed E-state index contributed by atoms with van der Waals surface area (Å²) in [5.41, 5.74) is 0. The van der Waals surface area contributed by atoms with Crippen LogP contribution in [0.15, 0.2) is 12.2 Å². The van der Waals surface area contributed by atoms with Crippen molar-refractivity contribution in [2.75, 3.05) is 26.2 Å². The minimum atomic E-state index is -1.14. The lowest BCUT2D eigenvalue weighted by molar-refractivity contribution is -0.935. The number of hydrogen-bond acceptors (Lipinski definition) is 4. The molecule has 0 rings (SSSR count). The van der Waals surface area contributed by atoms with Crippen LogP contribution >= 0.6 is 0 Å². The molecule has 0 aliphatic heterocycles. The average Bonchev–Trinajstić information content (AvgIpc) is 3.01. The predicted molar refractivity (Wildman–Crippen MR) is 184 cm³/mol. The third-order valence-electron chi connectivity index (χ3n) is 9.73. The van der Waals surface area contributed by atoms with E-state index in [9.17, 15) is 29.7 Å². The molecule has 3 atom stereocenters. The van der Waals surface area contributed by atoms with Gasteiger partial charge in [-0.2, -0.15) is 0 Å². The van der Waals surface area contributed by atoms with Crippen LogP contribution in [0.25, 0.3) is 0 Å². The Morgan fingerprint density at radius 2 is 0.867 bits per heavy atom. The van der Waals surface area contributed by atoms with E-state index in [1.807, 2.05) is 13.8 Å². The van der Waals surface area contributed by atoms with Crippen molar-refractivity contribution in [1.29, 1.82) is 0 Å². The Labute approximate surface area is 276 Å². The molecule has 0 amide bonds. The molecule has 0 aromatic heterocycles. The van der Waals surface area contributed by atoms with E-state index < -0.39 is 35.7 Å². The van der Waals surface area contributed by atoms with Gasteiger partial charge in [-0.15, -0.1) is 0 Å². The minimum absolute atomic E-state index is 0.221. The highest BCUT2D eigenvalue weighted by molar-refractivity contribution is 5.70. The molecule has 0 aliphatic carbocycles. The molecule has 0 saturated carbocycles. The van der Waals surface area contributed by atoms with Gasteiger partial charge in [0.1, 0.15) is 11.8 Å². The van der Waals surface area contributed by atoms with Gasteiger partial charge in [0.15, 0.2) is 0 Å². The third-order valence-corrected chi connectivity index (χ3v) is 9.73. The average molecular weight is 638 g/mol. The summed E-state index contributed by atoms with van der Waals surface area (Å²) in [4.78, 5) is 35.9. The molecule has 0 radical (unpaired) electrons. The molecule has 0 fully saturated rings. The number of rotatable bonds is 33. The Hall–Kier alpha value is -1.89. The number of aliphatic carboxylic acids is 3. The second kappa shape index (κ2) is 28.3. The van der Waals surface area contributed by atoms with E-state index in [1.165, 1.54) is 103 Å². The predicted octanol–water partition coefficient (Wildman–Crippen LogP) is 8.79. The van der Waals surface area contributed by atoms with Crippen LogP contribution in [-0.2, 0) is 14.4 Å². The van der Waals surface area contributed by atoms with Crippen molar-refractivity contribution in [3.05, 3.63) is 12.2 Å². The van der Waals surface area contributed by atoms with Gasteiger partial charge < -0.3 is 24.6 Å². The van der Waals surface area contributed by atoms with Crippen molar-refractivity contribution in [2.24, 2.45) is 17.8 Å². The lowest BCUT2D eigenvalue weighted by Crippen LogP contribution is -2.59. The molecule has 0 aliphatic rings. The molecule has 0 aromatic carbocycles. The summed E-state index contributed by atoms with van der Waals surface area (Å²) in [5, 5.41) is 31.6. The number of hydrogen-bond donors (Lipinski definition) is 2. The first kappa shape index (κ1) is 43.1. The summed E-state index contributed by atoms with van der Waals surface area (Å²) < 4.78 is 0.221. The maximum atomic E-state index is 12.0. The summed E-state index contributed by atoms with van der Waals surface area (Å²) in [6.45, 7) is 9.05. The van der Waals surface area contributed by atoms with E-state index in [-0.39, 0.29) is 24.1 Å². The van der Waals surface area contributed by atoms with Gasteiger partial charge in [0.05, 0.1) is 32.1 Å². The van der Waals surface area contributed by atoms with Crippen LogP contribution in [0.1, 0.15) is 169 Å². The van der Waals surface area contributed by atoms with Crippen LogP contribution in [0, 0.1) is 17.8 Å². The second-order valence-electron chi connectivity index (χ2n) is 13.6. The van der Waals surface area contributed by atoms with Gasteiger partial charge in [-0.25, -0.2) is 0 Å². The first-order valence-electron chi connectivity index (χ1n) is 18.8. The molecule has 0 bridgehead atoms. The first-order chi connectivity index (χ1) is 21.7. The molecule has 0 heterocycles. The molecule has 45 heavy (non-hydrogen) atoms. The van der Waals surface area contributed by atoms with Crippen LogP contribution in [0.5, 0.6) is 0 Å². The molecule has 2 N–H and O–H groups in total. The number of allylic oxidation sites excluding steroid dienone is 2. The van der Waals surface area contributed by atoms with Crippen LogP contribution < -0.4 is 5.11 Å². The van der Waals surface area contributed by atoms with Crippen LogP contribution in [0.3, 0.4) is 0 Å². The lowest BCUT2D eigenvalue weighted by atomic mass is 9.95. The number of unbranched alkanes of at least 4 members (excludes halogenated alkanes) is 17. The molecular weight excluding hydrogens is 566 g/mol. The number of carboxylic acids is 3. The van der Waals surface area contributed by atoms with Crippen molar-refractivity contribution in [3.8, 4) is 0 Å². The fourth-order valence-corrected chi connectivity index (χ4v) is 6.60. The minimum Gasteiger partial charge on any atom is -0.550 e. The molecule has 0 saturated heterocycles. The second-order valence-corrected chi connectivity index (χ2v) is 13.6. The quantitative estimate of drug-likeness (QED) is 0.0422. The highest BCUT2D eigenvalue weighted by Gasteiger charge is 2.39. The molecule has 3 unspecified atom stereocenters. The van der Waals surface area contributed by atoms with Crippen molar-refractivity contribution < 1.29 is 34.2 Å². The lowest BCUT2D eigenvalue weighted by Gasteiger charge is -2.44. The highest BCUT2D eigenvalue weighted by Crippen LogP contribution is 2.25. The van der Waals surface area contributed by atoms with Gasteiger partial charge in [-0.1, -0.05) is 130 Å². The molecule has 0 aromatic rings. The topological polar surface area (TPSA) is 115 Å². The van der Waals surface area contributed by atoms with Crippen molar-refractivity contribution in [3.63, 3.8) is 0 Å². The molecular formula is C38H71NO6. The fourth-order valence-electron chi connectivity index (χ4n) is 6.60. The number of quaternary nitrogens is 1. The normalized spacial score (nSPS) is 15.1. The third kappa shape index (κ3) is 22.3. The number of nitrogens with zero attached hydrogens (tertiary/aromatic N) is 1. The van der Waals surface area contributed by atoms with Gasteiger partial charge in [0.25, 0.3) is 0 Å². The Balaban J connectivity index is 4.47. The number of carbonyl (C=O) groups is 3. The summed E-state index contributed by atoms with van der Waals surface area (Å²) in [6.07, 6.45) is 29.7. The van der Waals surface area contributed by atoms with Crippen LogP contribution in [0.2, 0.25) is 0 Å². The molecule has 7 heteroatoms. The van der Waals surface area contributed by atoms with Crippen LogP contribution in [0.4, 0.5) is 0 Å². The van der Waals surface area contributed by atoms with Gasteiger partial charge in [-0.05, 0) is 51.4 Å². The highest BCUT2D eigenvalue weighted by atomic mass is 16.4. The van der Waals surface area contributed by atoms with E-state index in [1.54, 1.807) is 6.92 Å². The maximum absolute atomic E-state index is 12.0. The monoisotopic (exact) mass is 638 g/mol. The number of carboxylic acid groups (broad SMARTS) is 3. The SMILES string of the molecule is CCCC/C=C/CCCCCCCCCCCCCCCCC[N+](CC(CC)C(=O)[O-])(CC(CC)C(=O)O)CC(CC)C(=O)O. The zero-order valence-electron chi connectivity index (χ0n) is 29.7. The van der Waals surface area contributed by atoms with Crippen molar-refractivity contribution in [2.45, 2.75) is 169 Å². The zero-order chi connectivity index (χ0) is 33.8. The summed E-state index contributed by atoms with van der Waals surface area (Å²) in [5.74, 6) is -4.94. The molecule has 264 valence electrons. The maximum Gasteiger partial charge on any atom is 0.312 e. The number of carbonyl (C=O) groups excluding carboxylic acids is 1. The largest absolute Gasteiger partial charge is 0.550 e. The Kier molecular flexibility index (Phi) is 27.2. The van der Waals surface area contributed by atoms with E-state index >= 15 is 0 Å². The standard InChI is InChI=1S/C38H71NO6/c1-5-9-10-11-12-13-14-15-16-17-18-19-20-21-22-23-24-25-26-27-28-29-39(30-33(6-2)36(40)41,31-34(7-3)37(42)43)32-35(8-4)38(44)45/h11-12,33-35H,5-10,13-32H2,1-4H3,(H2-,40,41,42,43,44,45)/b12-11+. The molecule has 0 spiro atoms. The Morgan fingerprint density at radius 1 is 0.533 bits per heavy atom. The smallest absolute Gasteiger partial charge is 0.312 e. The Morgan fingerprint density at radius 3 is 1.20 bits per heavy atom. The fraction of sp³-hybridized carbons (Fsp3) is 0.868. The van der Waals surface area contributed by atoms with Gasteiger partial charge in [0.2, 0.25) is 0 Å². The first-order valence-corrected chi connectivity index (χ1v) is 18.8. The van der Waals surface area contributed by atoms with Gasteiger partial charge in [-0.3, -0.25) is 9.59 Å². The van der Waals surface area contributed by atoms with Crippen molar-refractivity contribution >= 4 is 17.9 Å². The summed E-state index contributed by atoms with van der Waals surface area (Å²) >= 11 is 0. The van der Waals surface area contributed by atoms with E-state index in [2.05, 4.69) is 19.1 Å². The van der Waals surface area contributed by atoms with E-state index in [0.717, 1.165) is 19.3 Å². The summed E-state index contributed by atoms with van der Waals surface area (Å²) in [6, 6.07) is 0. The van der Waals surface area contributed by atoms with Crippen LogP contribution in [-0.4, -0.2) is 58.8 Å². The van der Waals surface area contributed by atoms with E-state index in [4.69, 9.17) is 0 Å².